The summed E-state index contributed by atoms with van der Waals surface area (Å²) < 4.78 is 4.75. The standard InChI is InChI=1S/C27H31NO4S/c1-20(8-6-11-21-9-4-3-5-10-21)24(29)16-13-22-14-18-26(30)28(22)19-7-12-23-15-17-25(33-23)27(31)32-2/h3-5,9-10,13,15-17,20,22,24,29H,7-8,12,14,18-19H2,1-2H3. The first-order valence-corrected chi connectivity index (χ1v) is 12.2. The van der Waals surface area contributed by atoms with Gasteiger partial charge >= 0.3 is 5.97 Å². The minimum absolute atomic E-state index is 0.00542. The first-order valence-electron chi connectivity index (χ1n) is 11.3. The van der Waals surface area contributed by atoms with Crippen LogP contribution in [0.4, 0.5) is 0 Å². The van der Waals surface area contributed by atoms with Crippen LogP contribution in [-0.4, -0.2) is 47.7 Å². The van der Waals surface area contributed by atoms with Crippen LogP contribution >= 0.6 is 11.3 Å². The van der Waals surface area contributed by atoms with Gasteiger partial charge in [-0.05, 0) is 49.4 Å². The molecule has 174 valence electrons. The van der Waals surface area contributed by atoms with Crippen LogP contribution in [0.3, 0.4) is 0 Å². The van der Waals surface area contributed by atoms with E-state index in [1.165, 1.54) is 18.4 Å². The molecule has 6 heteroatoms. The summed E-state index contributed by atoms with van der Waals surface area (Å²) in [5.74, 6) is 6.12. The first kappa shape index (κ1) is 24.8. The number of carbonyl (C=O) groups excluding carboxylic acids is 2. The number of aliphatic hydroxyl groups excluding tert-OH is 1. The summed E-state index contributed by atoms with van der Waals surface area (Å²) in [4.78, 5) is 27.6. The number of amides is 1. The normalized spacial score (nSPS) is 17.6. The lowest BCUT2D eigenvalue weighted by Crippen LogP contribution is -2.33. The Morgan fingerprint density at radius 2 is 2.09 bits per heavy atom. The Hall–Kier alpha value is -2.88. The van der Waals surface area contributed by atoms with Crippen LogP contribution in [-0.2, 0) is 16.0 Å². The molecule has 5 nitrogen and oxygen atoms in total. The number of aryl methyl sites for hydroxylation is 1. The van der Waals surface area contributed by atoms with Gasteiger partial charge in [0.05, 0.1) is 19.3 Å². The van der Waals surface area contributed by atoms with Crippen molar-refractivity contribution < 1.29 is 19.4 Å². The van der Waals surface area contributed by atoms with Gasteiger partial charge in [0.25, 0.3) is 0 Å². The predicted octanol–water partition coefficient (Wildman–Crippen LogP) is 4.45. The highest BCUT2D eigenvalue weighted by Crippen LogP contribution is 2.23. The smallest absolute Gasteiger partial charge is 0.348 e. The molecule has 3 atom stereocenters. The van der Waals surface area contributed by atoms with Crippen molar-refractivity contribution in [1.82, 2.24) is 4.90 Å². The van der Waals surface area contributed by atoms with E-state index in [1.807, 2.05) is 60.4 Å². The Balaban J connectivity index is 1.47. The number of benzene rings is 1. The van der Waals surface area contributed by atoms with Crippen molar-refractivity contribution in [1.29, 1.82) is 0 Å². The molecular formula is C27H31NO4S. The molecule has 1 amide bonds. The summed E-state index contributed by atoms with van der Waals surface area (Å²) in [5.41, 5.74) is 0.971. The van der Waals surface area contributed by atoms with Gasteiger partial charge in [0, 0.05) is 29.8 Å². The zero-order chi connectivity index (χ0) is 23.6. The Bertz CT molecular complexity index is 1020. The molecular weight excluding hydrogens is 434 g/mol. The number of likely N-dealkylation sites (tertiary alicyclic amines) is 1. The van der Waals surface area contributed by atoms with Crippen molar-refractivity contribution in [2.45, 2.75) is 51.2 Å². The second kappa shape index (κ2) is 12.4. The molecule has 2 aromatic rings. The Labute approximate surface area is 200 Å². The minimum atomic E-state index is -0.601. The SMILES string of the molecule is COC(=O)c1ccc(CCCN2C(=O)CCC2C=CC(O)C(C)CC#Cc2ccccc2)s1. The molecule has 2 heterocycles. The molecule has 1 saturated heterocycles. The summed E-state index contributed by atoms with van der Waals surface area (Å²) in [6, 6.07) is 13.6. The molecule has 1 aromatic carbocycles. The number of aliphatic hydroxyl groups is 1. The van der Waals surface area contributed by atoms with Crippen molar-refractivity contribution in [3.63, 3.8) is 0 Å². The second-order valence-corrected chi connectivity index (χ2v) is 9.45. The molecule has 1 N–H and O–H groups in total. The van der Waals surface area contributed by atoms with Gasteiger partial charge in [-0.15, -0.1) is 11.3 Å². The highest BCUT2D eigenvalue weighted by atomic mass is 32.1. The van der Waals surface area contributed by atoms with Gasteiger partial charge < -0.3 is 14.7 Å². The van der Waals surface area contributed by atoms with Crippen molar-refractivity contribution in [2.24, 2.45) is 5.92 Å². The van der Waals surface area contributed by atoms with Crippen LogP contribution in [0.25, 0.3) is 0 Å². The van der Waals surface area contributed by atoms with Crippen molar-refractivity contribution in [3.05, 3.63) is 69.9 Å². The fourth-order valence-corrected chi connectivity index (χ4v) is 4.75. The Kier molecular flexibility index (Phi) is 9.29. The van der Waals surface area contributed by atoms with E-state index in [1.54, 1.807) is 6.07 Å². The predicted molar refractivity (Wildman–Crippen MR) is 131 cm³/mol. The number of thiophene rings is 1. The molecule has 1 aliphatic heterocycles. The van der Waals surface area contributed by atoms with Gasteiger partial charge in [-0.25, -0.2) is 4.79 Å². The van der Waals surface area contributed by atoms with Crippen molar-refractivity contribution in [2.75, 3.05) is 13.7 Å². The van der Waals surface area contributed by atoms with E-state index >= 15 is 0 Å². The lowest BCUT2D eigenvalue weighted by Gasteiger charge is -2.23. The molecule has 1 aliphatic rings. The molecule has 1 fully saturated rings. The maximum absolute atomic E-state index is 12.4. The quantitative estimate of drug-likeness (QED) is 0.337. The van der Waals surface area contributed by atoms with Crippen LogP contribution in [0.2, 0.25) is 0 Å². The van der Waals surface area contributed by atoms with Crippen LogP contribution < -0.4 is 0 Å². The summed E-state index contributed by atoms with van der Waals surface area (Å²) in [6.45, 7) is 2.64. The first-order chi connectivity index (χ1) is 16.0. The second-order valence-electron chi connectivity index (χ2n) is 8.28. The highest BCUT2D eigenvalue weighted by molar-refractivity contribution is 7.13. The van der Waals surface area contributed by atoms with Gasteiger partial charge in [0.2, 0.25) is 5.91 Å². The van der Waals surface area contributed by atoms with E-state index in [0.29, 0.717) is 24.3 Å². The third-order valence-electron chi connectivity index (χ3n) is 5.79. The number of nitrogens with zero attached hydrogens (tertiary/aromatic N) is 1. The minimum Gasteiger partial charge on any atom is -0.465 e. The number of methoxy groups -OCH3 is 1. The fraction of sp³-hybridized carbons (Fsp3) is 0.407. The van der Waals surface area contributed by atoms with Gasteiger partial charge in [-0.1, -0.05) is 49.1 Å². The molecule has 0 radical (unpaired) electrons. The maximum atomic E-state index is 12.4. The Morgan fingerprint density at radius 1 is 1.30 bits per heavy atom. The zero-order valence-corrected chi connectivity index (χ0v) is 20.0. The lowest BCUT2D eigenvalue weighted by atomic mass is 9.99. The molecule has 1 aromatic heterocycles. The molecule has 33 heavy (non-hydrogen) atoms. The van der Waals surface area contributed by atoms with Crippen molar-refractivity contribution >= 4 is 23.2 Å². The van der Waals surface area contributed by atoms with Crippen LogP contribution in [0.15, 0.2) is 54.6 Å². The molecule has 3 unspecified atom stereocenters. The summed E-state index contributed by atoms with van der Waals surface area (Å²) in [5, 5.41) is 10.5. The number of hydrogen-bond acceptors (Lipinski definition) is 5. The molecule has 0 bridgehead atoms. The van der Waals surface area contributed by atoms with Crippen LogP contribution in [0.5, 0.6) is 0 Å². The largest absolute Gasteiger partial charge is 0.465 e. The third-order valence-corrected chi connectivity index (χ3v) is 6.91. The zero-order valence-electron chi connectivity index (χ0n) is 19.2. The fourth-order valence-electron chi connectivity index (χ4n) is 3.78. The van der Waals surface area contributed by atoms with Crippen molar-refractivity contribution in [3.8, 4) is 11.8 Å². The van der Waals surface area contributed by atoms with E-state index in [0.717, 1.165) is 29.7 Å². The van der Waals surface area contributed by atoms with Crippen LogP contribution in [0.1, 0.15) is 52.7 Å². The van der Waals surface area contributed by atoms with Crippen LogP contribution in [0, 0.1) is 17.8 Å². The number of carbonyl (C=O) groups is 2. The summed E-state index contributed by atoms with van der Waals surface area (Å²) >= 11 is 1.44. The average molecular weight is 466 g/mol. The number of hydrogen-bond donors (Lipinski definition) is 1. The lowest BCUT2D eigenvalue weighted by molar-refractivity contribution is -0.128. The van der Waals surface area contributed by atoms with Gasteiger partial charge in [-0.2, -0.15) is 0 Å². The average Bonchev–Trinajstić information content (AvgIpc) is 3.44. The van der Waals surface area contributed by atoms with E-state index in [-0.39, 0.29) is 23.8 Å². The van der Waals surface area contributed by atoms with E-state index in [9.17, 15) is 14.7 Å². The van der Waals surface area contributed by atoms with E-state index < -0.39 is 6.10 Å². The third kappa shape index (κ3) is 7.31. The summed E-state index contributed by atoms with van der Waals surface area (Å²) in [6.07, 6.45) is 6.72. The van der Waals surface area contributed by atoms with Gasteiger partial charge in [-0.3, -0.25) is 4.79 Å². The highest BCUT2D eigenvalue weighted by Gasteiger charge is 2.28. The Morgan fingerprint density at radius 3 is 2.85 bits per heavy atom. The van der Waals surface area contributed by atoms with Gasteiger partial charge in [0.1, 0.15) is 4.88 Å². The monoisotopic (exact) mass is 465 g/mol. The molecule has 0 aliphatic carbocycles. The van der Waals surface area contributed by atoms with Gasteiger partial charge in [0.15, 0.2) is 0 Å². The number of esters is 1. The number of ether oxygens (including phenoxy) is 1. The molecule has 0 saturated carbocycles. The van der Waals surface area contributed by atoms with E-state index in [2.05, 4.69) is 11.8 Å². The topological polar surface area (TPSA) is 66.8 Å². The number of rotatable bonds is 9. The van der Waals surface area contributed by atoms with E-state index in [4.69, 9.17) is 4.74 Å². The summed E-state index contributed by atoms with van der Waals surface area (Å²) in [7, 11) is 1.38. The molecule has 3 rings (SSSR count). The maximum Gasteiger partial charge on any atom is 0.348 e. The molecule has 0 spiro atoms.